The molecule has 0 spiro atoms. The van der Waals surface area contributed by atoms with Gasteiger partial charge in [0, 0.05) is 58.0 Å². The van der Waals surface area contributed by atoms with Crippen LogP contribution in [0.1, 0.15) is 45.0 Å². The van der Waals surface area contributed by atoms with Gasteiger partial charge in [0.05, 0.1) is 38.8 Å². The number of aromatic nitrogens is 4. The Bertz CT molecular complexity index is 4450. The highest BCUT2D eigenvalue weighted by Crippen LogP contribution is 2.36. The molecule has 0 radical (unpaired) electrons. The van der Waals surface area contributed by atoms with Gasteiger partial charge in [-0.05, 0) is 142 Å². The molecule has 25 heteroatoms. The summed E-state index contributed by atoms with van der Waals surface area (Å²) in [5.74, 6) is 1.14. The van der Waals surface area contributed by atoms with Gasteiger partial charge in [-0.25, -0.2) is 18.4 Å². The van der Waals surface area contributed by atoms with E-state index in [1.165, 1.54) is 53.3 Å². The summed E-state index contributed by atoms with van der Waals surface area (Å²) < 4.78 is 169. The highest BCUT2D eigenvalue weighted by molar-refractivity contribution is 7.93. The molecular weight excluding hydrogens is 1290 g/mol. The second-order valence-electron chi connectivity index (χ2n) is 19.9. The van der Waals surface area contributed by atoms with E-state index in [1.54, 1.807) is 95.7 Å². The predicted molar refractivity (Wildman–Crippen MR) is 335 cm³/mol. The third-order valence-electron chi connectivity index (χ3n) is 13.3. The van der Waals surface area contributed by atoms with Crippen LogP contribution in [0.4, 0.5) is 50.9 Å². The molecule has 10 nitrogen and oxygen atoms in total. The van der Waals surface area contributed by atoms with Crippen LogP contribution in [0.25, 0.3) is 69.1 Å². The Morgan fingerprint density at radius 1 is 0.438 bits per heavy atom. The van der Waals surface area contributed by atoms with Crippen LogP contribution in [0.5, 0.6) is 0 Å². The summed E-state index contributed by atoms with van der Waals surface area (Å²) >= 11 is 25.0. The molecule has 0 aliphatic carbocycles. The van der Waals surface area contributed by atoms with E-state index in [2.05, 4.69) is 4.72 Å². The van der Waals surface area contributed by atoms with Crippen molar-refractivity contribution in [3.8, 4) is 44.8 Å². The molecule has 10 aromatic rings. The Kier molecular flexibility index (Phi) is 19.6. The smallest absolute Gasteiger partial charge is 0.326 e. The number of hydrogen-bond donors (Lipinski definition) is 2. The number of rotatable bonds is 16. The second kappa shape index (κ2) is 26.8. The third kappa shape index (κ3) is 17.3. The fourth-order valence-corrected chi connectivity index (χ4v) is 11.0. The van der Waals surface area contributed by atoms with Crippen molar-refractivity contribution in [3.05, 3.63) is 260 Å². The molecule has 0 atom stereocenters. The lowest BCUT2D eigenvalue weighted by atomic mass is 10.0. The van der Waals surface area contributed by atoms with Gasteiger partial charge in [0.25, 0.3) is 0 Å². The maximum atomic E-state index is 12.9. The maximum Gasteiger partial charge on any atom is 0.516 e. The molecule has 2 heterocycles. The van der Waals surface area contributed by atoms with E-state index in [0.29, 0.717) is 83.2 Å². The fourth-order valence-electron chi connectivity index (χ4n) is 8.83. The Balaban J connectivity index is 0.000000212. The lowest BCUT2D eigenvalue weighted by Crippen LogP contribution is -2.29. The van der Waals surface area contributed by atoms with Crippen molar-refractivity contribution >= 4 is 102 Å². The number of hydrogen-bond acceptors (Lipinski definition) is 6. The van der Waals surface area contributed by atoms with Crippen molar-refractivity contribution < 1.29 is 56.3 Å². The van der Waals surface area contributed by atoms with E-state index in [4.69, 9.17) is 56.4 Å². The summed E-state index contributed by atoms with van der Waals surface area (Å²) in [7, 11) is -8.95. The van der Waals surface area contributed by atoms with Crippen LogP contribution in [-0.2, 0) is 45.5 Å². The second-order valence-corrected chi connectivity index (χ2v) is 25.0. The number of halogens is 13. The first-order chi connectivity index (χ1) is 41.9. The largest absolute Gasteiger partial charge is 0.516 e. The molecule has 0 bridgehead atoms. The van der Waals surface area contributed by atoms with Crippen molar-refractivity contribution in [1.29, 1.82) is 0 Å². The quantitative estimate of drug-likeness (QED) is 0.0928. The van der Waals surface area contributed by atoms with Crippen LogP contribution in [0, 0.1) is 0 Å². The molecule has 0 amide bonds. The van der Waals surface area contributed by atoms with Crippen molar-refractivity contribution in [3.63, 3.8) is 0 Å². The Hall–Kier alpha value is -8.31. The topological polar surface area (TPSA) is 128 Å². The fraction of sp³-hybridized carbons (Fsp3) is 0.0938. The summed E-state index contributed by atoms with van der Waals surface area (Å²) in [6.45, 7) is 0.668. The molecule has 10 rings (SSSR count). The van der Waals surface area contributed by atoms with Gasteiger partial charge in [0.1, 0.15) is 11.6 Å². The molecule has 0 unspecified atom stereocenters. The highest BCUT2D eigenvalue weighted by atomic mass is 35.5. The molecule has 0 saturated carbocycles. The Morgan fingerprint density at radius 3 is 1.09 bits per heavy atom. The van der Waals surface area contributed by atoms with Crippen molar-refractivity contribution in [1.82, 2.24) is 19.1 Å². The van der Waals surface area contributed by atoms with E-state index >= 15 is 0 Å². The van der Waals surface area contributed by atoms with E-state index in [-0.39, 0.29) is 12.2 Å². The van der Waals surface area contributed by atoms with Gasteiger partial charge >= 0.3 is 27.9 Å². The van der Waals surface area contributed by atoms with Crippen LogP contribution in [0.15, 0.2) is 194 Å². The van der Waals surface area contributed by atoms with Crippen LogP contribution in [0.2, 0.25) is 20.1 Å². The third-order valence-corrected chi connectivity index (χ3v) is 16.1. The van der Waals surface area contributed by atoms with Gasteiger partial charge in [0.2, 0.25) is 10.0 Å². The Morgan fingerprint density at radius 2 is 0.775 bits per heavy atom. The van der Waals surface area contributed by atoms with E-state index in [1.807, 2.05) is 59.3 Å². The molecule has 458 valence electrons. The summed E-state index contributed by atoms with van der Waals surface area (Å²) in [5, 5.41) is 1.78. The summed E-state index contributed by atoms with van der Waals surface area (Å²) in [4.78, 5) is 9.51. The molecular formula is C64H45Cl4F9N6O4S2. The normalized spacial score (nSPS) is 12.3. The first-order valence-corrected chi connectivity index (χ1v) is 31.0. The average molecular weight is 1340 g/mol. The molecule has 0 aliphatic heterocycles. The summed E-state index contributed by atoms with van der Waals surface area (Å²) in [5.41, 5.74) is 1.86. The van der Waals surface area contributed by atoms with Crippen LogP contribution in [0.3, 0.4) is 0 Å². The first kappa shape index (κ1) is 65.1. The minimum Gasteiger partial charge on any atom is -0.326 e. The lowest BCUT2D eigenvalue weighted by Gasteiger charge is -2.11. The minimum atomic E-state index is -5.56. The average Bonchev–Trinajstić information content (AvgIpc) is 2.08. The van der Waals surface area contributed by atoms with Gasteiger partial charge in [-0.1, -0.05) is 156 Å². The molecule has 2 aromatic heterocycles. The zero-order chi connectivity index (χ0) is 64.1. The van der Waals surface area contributed by atoms with Gasteiger partial charge in [-0.15, -0.1) is 0 Å². The van der Waals surface area contributed by atoms with Gasteiger partial charge < -0.3 is 9.13 Å². The predicted octanol–water partition coefficient (Wildman–Crippen LogP) is 19.2. The SMILES string of the molecule is CS(=O)(=O)Nc1ccc(Cn2cc(-c3ccc(Cl)cc3Cl)nc2/C=C/c2ccc(-c3ccc(C(F)(F)F)cc3)cc2)cc1.O=S(=O)(Nc1ccc(Cn2cc(-c3ccc(Cl)cc3Cl)nc2/C=C/c2ccc(-c3ccc(C(F)(F)F)cc3)cc2)cc1)C(F)(F)F. The molecule has 89 heavy (non-hydrogen) atoms. The number of sulfonamides is 2. The monoisotopic (exact) mass is 1340 g/mol. The number of imidazole rings is 2. The number of nitrogens with zero attached hydrogens (tertiary/aromatic N) is 4. The molecule has 2 N–H and O–H groups in total. The zero-order valence-electron chi connectivity index (χ0n) is 45.9. The number of anilines is 2. The molecule has 0 fully saturated rings. The van der Waals surface area contributed by atoms with Gasteiger partial charge in [-0.2, -0.15) is 47.9 Å². The van der Waals surface area contributed by atoms with Crippen molar-refractivity contribution in [2.24, 2.45) is 0 Å². The van der Waals surface area contributed by atoms with Crippen molar-refractivity contribution in [2.75, 3.05) is 15.7 Å². The zero-order valence-corrected chi connectivity index (χ0v) is 50.5. The highest BCUT2D eigenvalue weighted by Gasteiger charge is 2.46. The van der Waals surface area contributed by atoms with E-state index < -0.39 is 49.0 Å². The number of alkyl halides is 9. The maximum absolute atomic E-state index is 12.9. The van der Waals surface area contributed by atoms with Crippen LogP contribution in [-0.4, -0.2) is 47.7 Å². The van der Waals surface area contributed by atoms with E-state index in [0.717, 1.165) is 58.3 Å². The molecule has 0 saturated heterocycles. The first-order valence-electron chi connectivity index (χ1n) is 26.1. The van der Waals surface area contributed by atoms with Crippen molar-refractivity contribution in [2.45, 2.75) is 31.0 Å². The number of nitrogens with one attached hydrogen (secondary N) is 2. The molecule has 8 aromatic carbocycles. The van der Waals surface area contributed by atoms with E-state index in [9.17, 15) is 56.3 Å². The van der Waals surface area contributed by atoms with Crippen LogP contribution >= 0.6 is 46.4 Å². The number of benzene rings is 8. The lowest BCUT2D eigenvalue weighted by molar-refractivity contribution is -0.138. The minimum absolute atomic E-state index is 0.219. The Labute approximate surface area is 525 Å². The summed E-state index contributed by atoms with van der Waals surface area (Å²) in [6.07, 6.45) is 3.20. The standard InChI is InChI=1S/C32H21Cl2F6N3O2S.C32H24Cl2F3N3O2S/c33-25-12-15-27(28(34)17-25)29-19-43(18-21-3-13-26(14-4-21)42-46(44,45)32(38,39)40)30(41-29)16-5-20-1-6-22(7-2-20)23-8-10-24(11-9-23)31(35,36)37;1-43(41,42)39-27-14-4-22(5-15-27)19-40-20-30(28-16-13-26(33)18-29(28)34)38-31(40)17-6-21-2-7-23(8-3-21)24-9-11-25(12-10-24)32(35,36)37/h1-17,19,42H,18H2;2-18,20,39H,19H2,1H3/b16-5+;17-6+. The van der Waals surface area contributed by atoms with Crippen LogP contribution < -0.4 is 9.44 Å². The molecule has 0 aliphatic rings. The van der Waals surface area contributed by atoms with Gasteiger partial charge in [0.15, 0.2) is 0 Å². The summed E-state index contributed by atoms with van der Waals surface area (Å²) in [6, 6.07) is 47.1. The van der Waals surface area contributed by atoms with Gasteiger partial charge in [-0.3, -0.25) is 9.44 Å².